The van der Waals surface area contributed by atoms with Crippen molar-refractivity contribution in [2.24, 2.45) is 0 Å². The van der Waals surface area contributed by atoms with Crippen LogP contribution >= 0.6 is 23.5 Å². The molecule has 0 amide bonds. The number of hydrogen-bond donors (Lipinski definition) is 0. The van der Waals surface area contributed by atoms with Gasteiger partial charge in [-0.1, -0.05) is 11.8 Å². The Morgan fingerprint density at radius 1 is 1.18 bits per heavy atom. The molecule has 1 heterocycles. The minimum Gasteiger partial charge on any atom is -0.549 e. The number of carboxylic acids is 2. The summed E-state index contributed by atoms with van der Waals surface area (Å²) in [6, 6.07) is 1.62. The van der Waals surface area contributed by atoms with E-state index in [0.29, 0.717) is 10.7 Å². The Labute approximate surface area is 106 Å². The molecule has 1 aromatic heterocycles. The molecule has 0 atom stereocenters. The monoisotopic (exact) mass is 272 g/mol. The summed E-state index contributed by atoms with van der Waals surface area (Å²) in [4.78, 5) is 28.6. The first-order chi connectivity index (χ1) is 7.97. The van der Waals surface area contributed by atoms with Crippen molar-refractivity contribution in [3.63, 3.8) is 0 Å². The molecule has 0 spiro atoms. The lowest BCUT2D eigenvalue weighted by Gasteiger charge is -2.06. The molecule has 0 saturated heterocycles. The number of rotatable bonds is 6. The van der Waals surface area contributed by atoms with E-state index in [9.17, 15) is 19.8 Å². The van der Waals surface area contributed by atoms with Crippen molar-refractivity contribution >= 4 is 35.5 Å². The van der Waals surface area contributed by atoms with E-state index in [1.165, 1.54) is 0 Å². The molecule has 0 unspecified atom stereocenters. The molecule has 0 fully saturated rings. The van der Waals surface area contributed by atoms with Crippen LogP contribution in [0.25, 0.3) is 0 Å². The molecule has 8 heteroatoms. The summed E-state index contributed by atoms with van der Waals surface area (Å²) in [5.74, 6) is -2.84. The quantitative estimate of drug-likeness (QED) is 0.349. The van der Waals surface area contributed by atoms with Gasteiger partial charge >= 0.3 is 0 Å². The van der Waals surface area contributed by atoms with Gasteiger partial charge in [0, 0.05) is 17.2 Å². The van der Waals surface area contributed by atoms with Crippen molar-refractivity contribution in [1.29, 1.82) is 0 Å². The fraction of sp³-hybridized carbons (Fsp3) is 0.333. The summed E-state index contributed by atoms with van der Waals surface area (Å²) in [5, 5.41) is 21.3. The number of carbonyl (C=O) groups is 2. The summed E-state index contributed by atoms with van der Waals surface area (Å²) >= 11 is 1.93. The third kappa shape index (κ3) is 5.55. The number of hydrogen-bond acceptors (Lipinski definition) is 8. The first-order valence-corrected chi connectivity index (χ1v) is 6.45. The van der Waals surface area contributed by atoms with Gasteiger partial charge in [-0.3, -0.25) is 0 Å². The second-order valence-electron chi connectivity index (χ2n) is 2.95. The van der Waals surface area contributed by atoms with Crippen molar-refractivity contribution in [1.82, 2.24) is 9.97 Å². The van der Waals surface area contributed by atoms with E-state index in [4.69, 9.17) is 0 Å². The fourth-order valence-electron chi connectivity index (χ4n) is 0.908. The first-order valence-electron chi connectivity index (χ1n) is 4.48. The second kappa shape index (κ2) is 6.45. The molecule has 0 N–H and O–H groups in total. The number of aliphatic carboxylic acids is 2. The van der Waals surface area contributed by atoms with E-state index >= 15 is 0 Å². The van der Waals surface area contributed by atoms with Crippen LogP contribution in [0.3, 0.4) is 0 Å². The smallest absolute Gasteiger partial charge is 0.189 e. The minimum atomic E-state index is -1.20. The lowest BCUT2D eigenvalue weighted by molar-refractivity contribution is -0.302. The molecule has 0 aromatic carbocycles. The predicted octanol–water partition coefficient (Wildman–Crippen LogP) is -1.53. The van der Waals surface area contributed by atoms with Crippen LogP contribution in [-0.4, -0.2) is 33.4 Å². The zero-order chi connectivity index (χ0) is 12.8. The van der Waals surface area contributed by atoms with Gasteiger partial charge in [0.2, 0.25) is 0 Å². The Bertz CT molecular complexity index is 403. The van der Waals surface area contributed by atoms with E-state index in [1.807, 2.05) is 0 Å². The standard InChI is InChI=1S/C9H10N2O4S2/c1-5-2-6(16-3-7(12)13)11-9(10-5)17-4-8(14)15/h2H,3-4H2,1H3,(H,12,13)(H,14,15)/p-2. The highest BCUT2D eigenvalue weighted by atomic mass is 32.2. The van der Waals surface area contributed by atoms with Crippen LogP contribution < -0.4 is 10.2 Å². The number of carboxylic acid groups (broad SMARTS) is 2. The third-order valence-corrected chi connectivity index (χ3v) is 3.17. The zero-order valence-electron chi connectivity index (χ0n) is 8.84. The SMILES string of the molecule is Cc1cc(SCC(=O)[O-])nc(SCC(=O)[O-])n1. The van der Waals surface area contributed by atoms with Gasteiger partial charge < -0.3 is 19.8 Å². The van der Waals surface area contributed by atoms with Crippen LogP contribution in [0, 0.1) is 6.92 Å². The fourth-order valence-corrected chi connectivity index (χ4v) is 2.26. The van der Waals surface area contributed by atoms with Gasteiger partial charge in [-0.05, 0) is 13.0 Å². The van der Waals surface area contributed by atoms with E-state index < -0.39 is 11.9 Å². The van der Waals surface area contributed by atoms with Gasteiger partial charge in [0.25, 0.3) is 0 Å². The van der Waals surface area contributed by atoms with Crippen LogP contribution in [0.4, 0.5) is 0 Å². The molecule has 1 aromatic rings. The molecule has 0 bridgehead atoms. The molecule has 0 radical (unpaired) electrons. The highest BCUT2D eigenvalue weighted by Gasteiger charge is 2.04. The van der Waals surface area contributed by atoms with Gasteiger partial charge in [0.1, 0.15) is 5.03 Å². The Balaban J connectivity index is 2.71. The Kier molecular flexibility index (Phi) is 5.23. The number of thioether (sulfide) groups is 2. The molecule has 0 aliphatic heterocycles. The topological polar surface area (TPSA) is 106 Å². The molecular weight excluding hydrogens is 264 g/mol. The zero-order valence-corrected chi connectivity index (χ0v) is 10.5. The van der Waals surface area contributed by atoms with Crippen molar-refractivity contribution in [2.75, 3.05) is 11.5 Å². The summed E-state index contributed by atoms with van der Waals surface area (Å²) in [7, 11) is 0. The van der Waals surface area contributed by atoms with Gasteiger partial charge in [0.05, 0.1) is 11.9 Å². The molecule has 1 rings (SSSR count). The third-order valence-electron chi connectivity index (χ3n) is 1.47. The van der Waals surface area contributed by atoms with Crippen LogP contribution in [0.1, 0.15) is 5.69 Å². The largest absolute Gasteiger partial charge is 0.549 e. The molecule has 17 heavy (non-hydrogen) atoms. The molecule has 0 aliphatic carbocycles. The van der Waals surface area contributed by atoms with Crippen LogP contribution in [0.5, 0.6) is 0 Å². The Hall–Kier alpha value is -1.28. The summed E-state index contributed by atoms with van der Waals surface area (Å²) < 4.78 is 0. The van der Waals surface area contributed by atoms with Gasteiger partial charge in [-0.15, -0.1) is 11.8 Å². The highest BCUT2D eigenvalue weighted by Crippen LogP contribution is 2.20. The van der Waals surface area contributed by atoms with E-state index in [1.54, 1.807) is 13.0 Å². The summed E-state index contributed by atoms with van der Waals surface area (Å²) in [6.07, 6.45) is 0. The first kappa shape index (κ1) is 13.8. The number of carbonyl (C=O) groups excluding carboxylic acids is 2. The average Bonchev–Trinajstić information content (AvgIpc) is 2.23. The van der Waals surface area contributed by atoms with E-state index in [-0.39, 0.29) is 16.7 Å². The second-order valence-corrected chi connectivity index (χ2v) is 4.89. The average molecular weight is 272 g/mol. The molecule has 0 saturated carbocycles. The van der Waals surface area contributed by atoms with E-state index in [0.717, 1.165) is 23.5 Å². The number of nitrogens with zero attached hydrogens (tertiary/aromatic N) is 2. The molecule has 0 aliphatic rings. The lowest BCUT2D eigenvalue weighted by atomic mass is 10.5. The van der Waals surface area contributed by atoms with Crippen LogP contribution in [0.15, 0.2) is 16.2 Å². The maximum Gasteiger partial charge on any atom is 0.189 e. The Morgan fingerprint density at radius 2 is 1.76 bits per heavy atom. The maximum atomic E-state index is 10.3. The van der Waals surface area contributed by atoms with Crippen molar-refractivity contribution in [3.05, 3.63) is 11.8 Å². The van der Waals surface area contributed by atoms with Crippen LogP contribution in [0.2, 0.25) is 0 Å². The van der Waals surface area contributed by atoms with Crippen molar-refractivity contribution in [2.45, 2.75) is 17.1 Å². The molecule has 6 nitrogen and oxygen atoms in total. The van der Waals surface area contributed by atoms with E-state index in [2.05, 4.69) is 9.97 Å². The molecule has 92 valence electrons. The normalized spacial score (nSPS) is 10.2. The van der Waals surface area contributed by atoms with Crippen molar-refractivity contribution in [3.8, 4) is 0 Å². The minimum absolute atomic E-state index is 0.207. The lowest BCUT2D eigenvalue weighted by Crippen LogP contribution is -2.24. The van der Waals surface area contributed by atoms with Gasteiger partial charge in [-0.25, -0.2) is 9.97 Å². The summed E-state index contributed by atoms with van der Waals surface area (Å²) in [5.41, 5.74) is 0.640. The van der Waals surface area contributed by atoms with Gasteiger partial charge in [-0.2, -0.15) is 0 Å². The number of aryl methyl sites for hydroxylation is 1. The molecular formula is C9H8N2O4S2-2. The predicted molar refractivity (Wildman–Crippen MR) is 58.2 cm³/mol. The highest BCUT2D eigenvalue weighted by molar-refractivity contribution is 8.00. The van der Waals surface area contributed by atoms with Crippen molar-refractivity contribution < 1.29 is 19.8 Å². The Morgan fingerprint density at radius 3 is 2.35 bits per heavy atom. The number of aromatic nitrogens is 2. The maximum absolute atomic E-state index is 10.3. The summed E-state index contributed by atoms with van der Waals surface area (Å²) in [6.45, 7) is 1.72. The van der Waals surface area contributed by atoms with Crippen LogP contribution in [-0.2, 0) is 9.59 Å². The van der Waals surface area contributed by atoms with Gasteiger partial charge in [0.15, 0.2) is 5.16 Å².